The number of amides is 1. The highest BCUT2D eigenvalue weighted by molar-refractivity contribution is 6.02. The number of aliphatic hydroxyl groups is 1. The fourth-order valence-corrected chi connectivity index (χ4v) is 1.59. The average Bonchev–Trinajstić information content (AvgIpc) is 2.44. The van der Waals surface area contributed by atoms with Crippen LogP contribution in [0.2, 0.25) is 0 Å². The zero-order valence-corrected chi connectivity index (χ0v) is 11.1. The van der Waals surface area contributed by atoms with Crippen molar-refractivity contribution in [2.24, 2.45) is 0 Å². The van der Waals surface area contributed by atoms with E-state index in [9.17, 15) is 19.7 Å². The lowest BCUT2D eigenvalue weighted by Gasteiger charge is -2.14. The number of hydrogen-bond donors (Lipinski definition) is 3. The minimum atomic E-state index is -1.56. The van der Waals surface area contributed by atoms with E-state index in [0.717, 1.165) is 6.07 Å². The quantitative estimate of drug-likeness (QED) is 0.481. The third kappa shape index (κ3) is 3.89. The Kier molecular flexibility index (Phi) is 5.61. The van der Waals surface area contributed by atoms with Gasteiger partial charge in [-0.3, -0.25) is 14.9 Å². The van der Waals surface area contributed by atoms with E-state index >= 15 is 0 Å². The Morgan fingerprint density at radius 3 is 2.62 bits per heavy atom. The number of ether oxygens (including phenoxy) is 1. The van der Waals surface area contributed by atoms with Gasteiger partial charge in [0, 0.05) is 6.07 Å². The molecule has 114 valence electrons. The molecule has 0 fully saturated rings. The Morgan fingerprint density at radius 2 is 2.14 bits per heavy atom. The standard InChI is InChI=1S/C12H14N2O7/c1-2-21-9-5-3-4-8(14(19)20)10(9)11(16)13-7(6-15)12(17)18/h3-5,7,15H,2,6H2,1H3,(H,13,16)(H,17,18)/t7-/m0/s1. The second kappa shape index (κ2) is 7.20. The lowest BCUT2D eigenvalue weighted by Crippen LogP contribution is -2.43. The molecule has 0 bridgehead atoms. The molecule has 1 rings (SSSR count). The highest BCUT2D eigenvalue weighted by Crippen LogP contribution is 2.28. The normalized spacial score (nSPS) is 11.5. The Morgan fingerprint density at radius 1 is 1.48 bits per heavy atom. The van der Waals surface area contributed by atoms with Gasteiger partial charge in [-0.25, -0.2) is 4.79 Å². The first-order chi connectivity index (χ1) is 9.92. The van der Waals surface area contributed by atoms with Crippen LogP contribution in [0.4, 0.5) is 5.69 Å². The van der Waals surface area contributed by atoms with Gasteiger partial charge in [0.1, 0.15) is 5.75 Å². The maximum absolute atomic E-state index is 12.1. The Balaban J connectivity index is 3.22. The molecular formula is C12H14N2O7. The van der Waals surface area contributed by atoms with Crippen molar-refractivity contribution in [2.45, 2.75) is 13.0 Å². The molecule has 9 heteroatoms. The molecule has 1 aromatic rings. The molecule has 1 amide bonds. The molecule has 1 atom stereocenters. The number of carboxylic acid groups (broad SMARTS) is 1. The molecule has 0 radical (unpaired) electrons. The van der Waals surface area contributed by atoms with Gasteiger partial charge < -0.3 is 20.3 Å². The number of nitro groups is 1. The molecule has 0 saturated carbocycles. The number of rotatable bonds is 7. The summed E-state index contributed by atoms with van der Waals surface area (Å²) in [7, 11) is 0. The molecular weight excluding hydrogens is 284 g/mol. The second-order valence-electron chi connectivity index (χ2n) is 3.89. The fourth-order valence-electron chi connectivity index (χ4n) is 1.59. The summed E-state index contributed by atoms with van der Waals surface area (Å²) in [6, 6.07) is 2.25. The zero-order valence-electron chi connectivity index (χ0n) is 11.1. The first-order valence-electron chi connectivity index (χ1n) is 5.97. The number of hydrogen-bond acceptors (Lipinski definition) is 6. The number of nitro benzene ring substituents is 1. The molecule has 9 nitrogen and oxygen atoms in total. The summed E-state index contributed by atoms with van der Waals surface area (Å²) in [6.07, 6.45) is 0. The van der Waals surface area contributed by atoms with Crippen LogP contribution in [0, 0.1) is 10.1 Å². The predicted octanol–water partition coefficient (Wildman–Crippen LogP) is 0.169. The van der Waals surface area contributed by atoms with Crippen molar-refractivity contribution >= 4 is 17.6 Å². The predicted molar refractivity (Wildman–Crippen MR) is 70.2 cm³/mol. The molecule has 21 heavy (non-hydrogen) atoms. The summed E-state index contributed by atoms with van der Waals surface area (Å²) in [4.78, 5) is 33.1. The van der Waals surface area contributed by atoms with Gasteiger partial charge in [0.2, 0.25) is 0 Å². The molecule has 0 aromatic heterocycles. The zero-order chi connectivity index (χ0) is 16.0. The van der Waals surface area contributed by atoms with Crippen LogP contribution in [0.5, 0.6) is 5.75 Å². The number of aliphatic hydroxyl groups excluding tert-OH is 1. The van der Waals surface area contributed by atoms with Gasteiger partial charge >= 0.3 is 5.97 Å². The lowest BCUT2D eigenvalue weighted by molar-refractivity contribution is -0.385. The van der Waals surface area contributed by atoms with Crippen LogP contribution in [0.15, 0.2) is 18.2 Å². The number of aliphatic carboxylic acids is 1. The maximum atomic E-state index is 12.1. The summed E-state index contributed by atoms with van der Waals surface area (Å²) < 4.78 is 5.15. The molecule has 0 aliphatic rings. The van der Waals surface area contributed by atoms with Crippen LogP contribution >= 0.6 is 0 Å². The van der Waals surface area contributed by atoms with Crippen molar-refractivity contribution in [3.05, 3.63) is 33.9 Å². The minimum absolute atomic E-state index is 0.0359. The van der Waals surface area contributed by atoms with E-state index in [0.29, 0.717) is 0 Å². The number of carbonyl (C=O) groups excluding carboxylic acids is 1. The second-order valence-corrected chi connectivity index (χ2v) is 3.89. The van der Waals surface area contributed by atoms with Crippen LogP contribution in [0.3, 0.4) is 0 Å². The van der Waals surface area contributed by atoms with Crippen molar-refractivity contribution in [2.75, 3.05) is 13.2 Å². The van der Waals surface area contributed by atoms with Crippen molar-refractivity contribution in [3.8, 4) is 5.75 Å². The number of carboxylic acids is 1. The summed E-state index contributed by atoms with van der Waals surface area (Å²) in [6.45, 7) is 0.962. The van der Waals surface area contributed by atoms with E-state index in [2.05, 4.69) is 0 Å². The molecule has 0 heterocycles. The van der Waals surface area contributed by atoms with Gasteiger partial charge in [-0.2, -0.15) is 0 Å². The van der Waals surface area contributed by atoms with Crippen LogP contribution in [0.25, 0.3) is 0 Å². The first kappa shape index (κ1) is 16.4. The molecule has 1 aromatic carbocycles. The van der Waals surface area contributed by atoms with Gasteiger partial charge in [-0.05, 0) is 13.0 Å². The van der Waals surface area contributed by atoms with Gasteiger partial charge in [0.05, 0.1) is 18.1 Å². The Labute approximate surface area is 119 Å². The van der Waals surface area contributed by atoms with E-state index in [1.54, 1.807) is 6.92 Å². The maximum Gasteiger partial charge on any atom is 0.328 e. The van der Waals surface area contributed by atoms with Crippen LogP contribution < -0.4 is 10.1 Å². The largest absolute Gasteiger partial charge is 0.493 e. The monoisotopic (exact) mass is 298 g/mol. The number of carbonyl (C=O) groups is 2. The summed E-state index contributed by atoms with van der Waals surface area (Å²) >= 11 is 0. The Bertz CT molecular complexity index is 559. The van der Waals surface area contributed by atoms with Crippen LogP contribution in [-0.2, 0) is 4.79 Å². The minimum Gasteiger partial charge on any atom is -0.493 e. The topological polar surface area (TPSA) is 139 Å². The summed E-state index contributed by atoms with van der Waals surface area (Å²) in [5, 5.41) is 30.6. The van der Waals surface area contributed by atoms with E-state index in [1.807, 2.05) is 5.32 Å². The third-order valence-corrected chi connectivity index (χ3v) is 2.51. The highest BCUT2D eigenvalue weighted by Gasteiger charge is 2.28. The number of nitrogens with zero attached hydrogens (tertiary/aromatic N) is 1. The van der Waals surface area contributed by atoms with Gasteiger partial charge in [0.15, 0.2) is 11.6 Å². The van der Waals surface area contributed by atoms with Crippen molar-refractivity contribution in [1.82, 2.24) is 5.32 Å². The highest BCUT2D eigenvalue weighted by atomic mass is 16.6. The van der Waals surface area contributed by atoms with Crippen molar-refractivity contribution in [3.63, 3.8) is 0 Å². The smallest absolute Gasteiger partial charge is 0.328 e. The molecule has 0 aliphatic carbocycles. The lowest BCUT2D eigenvalue weighted by atomic mass is 10.1. The van der Waals surface area contributed by atoms with E-state index in [1.165, 1.54) is 12.1 Å². The number of benzene rings is 1. The molecule has 0 unspecified atom stereocenters. The first-order valence-corrected chi connectivity index (χ1v) is 5.97. The SMILES string of the molecule is CCOc1cccc([N+](=O)[O-])c1C(=O)N[C@@H](CO)C(=O)O. The van der Waals surface area contributed by atoms with E-state index in [-0.39, 0.29) is 17.9 Å². The Hall–Kier alpha value is -2.68. The number of nitrogens with one attached hydrogen (secondary N) is 1. The molecule has 0 aliphatic heterocycles. The molecule has 3 N–H and O–H groups in total. The van der Waals surface area contributed by atoms with Gasteiger partial charge in [0.25, 0.3) is 11.6 Å². The average molecular weight is 298 g/mol. The molecule has 0 spiro atoms. The van der Waals surface area contributed by atoms with Crippen LogP contribution in [-0.4, -0.2) is 46.3 Å². The van der Waals surface area contributed by atoms with Gasteiger partial charge in [-0.1, -0.05) is 6.07 Å². The van der Waals surface area contributed by atoms with Crippen LogP contribution in [0.1, 0.15) is 17.3 Å². The van der Waals surface area contributed by atoms with E-state index in [4.69, 9.17) is 14.9 Å². The van der Waals surface area contributed by atoms with Gasteiger partial charge in [-0.15, -0.1) is 0 Å². The van der Waals surface area contributed by atoms with Crippen molar-refractivity contribution < 1.29 is 29.5 Å². The molecule has 0 saturated heterocycles. The summed E-state index contributed by atoms with van der Waals surface area (Å²) in [5.41, 5.74) is -0.899. The fraction of sp³-hybridized carbons (Fsp3) is 0.333. The summed E-state index contributed by atoms with van der Waals surface area (Å²) in [5.74, 6) is -2.50. The van der Waals surface area contributed by atoms with E-state index < -0.39 is 35.1 Å². The third-order valence-electron chi connectivity index (χ3n) is 2.51. The van der Waals surface area contributed by atoms with Crippen molar-refractivity contribution in [1.29, 1.82) is 0 Å².